The molecule has 0 amide bonds. The summed E-state index contributed by atoms with van der Waals surface area (Å²) in [7, 11) is -3.78. The van der Waals surface area contributed by atoms with Gasteiger partial charge in [-0.3, -0.25) is 8.98 Å². The van der Waals surface area contributed by atoms with Crippen LogP contribution in [0.4, 0.5) is 10.1 Å². The summed E-state index contributed by atoms with van der Waals surface area (Å²) in [6.45, 7) is -0.467. The molecule has 1 saturated heterocycles. The molecule has 0 bridgehead atoms. The van der Waals surface area contributed by atoms with Gasteiger partial charge in [-0.15, -0.1) is 0 Å². The summed E-state index contributed by atoms with van der Waals surface area (Å²) in [4.78, 5) is 28.1. The van der Waals surface area contributed by atoms with Crippen molar-refractivity contribution in [3.05, 3.63) is 69.8 Å². The SMILES string of the molecule is CS(=O)(=O)OC[C@@]1(O)C[C@@H]2COc3c(c(F)cc4c(=O)c(C(=O)OCc5ccccc5)cn(C5CC5)c34)N2C1. The number of pyridine rings is 1. The molecule has 3 aromatic rings. The highest BCUT2D eigenvalue weighted by Crippen LogP contribution is 2.48. The molecule has 2 aliphatic heterocycles. The molecule has 1 aliphatic carbocycles. The van der Waals surface area contributed by atoms with Crippen LogP contribution in [0.25, 0.3) is 10.9 Å². The number of carbonyl (C=O) groups is 1. The van der Waals surface area contributed by atoms with Crippen LogP contribution in [0, 0.1) is 5.82 Å². The third-order valence-corrected chi connectivity index (χ3v) is 7.89. The van der Waals surface area contributed by atoms with Crippen molar-refractivity contribution < 1.29 is 36.4 Å². The number of halogens is 1. The number of ether oxygens (including phenoxy) is 2. The van der Waals surface area contributed by atoms with Crippen LogP contribution in [-0.2, 0) is 25.6 Å². The van der Waals surface area contributed by atoms with Crippen LogP contribution in [0.2, 0.25) is 0 Å². The molecule has 3 heterocycles. The minimum absolute atomic E-state index is 0.000583. The lowest BCUT2D eigenvalue weighted by atomic mass is 10.0. The minimum Gasteiger partial charge on any atom is -0.487 e. The summed E-state index contributed by atoms with van der Waals surface area (Å²) in [5.74, 6) is -1.39. The molecule has 1 saturated carbocycles. The van der Waals surface area contributed by atoms with Gasteiger partial charge in [-0.05, 0) is 24.5 Å². The van der Waals surface area contributed by atoms with E-state index in [-0.39, 0.29) is 54.6 Å². The van der Waals surface area contributed by atoms with Gasteiger partial charge in [0.1, 0.15) is 30.1 Å². The van der Waals surface area contributed by atoms with Gasteiger partial charge in [-0.1, -0.05) is 30.3 Å². The van der Waals surface area contributed by atoms with Crippen LogP contribution in [0.5, 0.6) is 5.75 Å². The lowest BCUT2D eigenvalue weighted by molar-refractivity contribution is 0.0133. The van der Waals surface area contributed by atoms with Crippen LogP contribution in [-0.4, -0.2) is 61.7 Å². The molecular weight excluding hydrogens is 531 g/mol. The zero-order chi connectivity index (χ0) is 27.5. The Balaban J connectivity index is 1.39. The molecule has 3 aliphatic rings. The van der Waals surface area contributed by atoms with Gasteiger partial charge >= 0.3 is 5.97 Å². The van der Waals surface area contributed by atoms with E-state index in [1.165, 1.54) is 6.20 Å². The molecule has 206 valence electrons. The molecular formula is C27H27FN2O8S. The maximum atomic E-state index is 15.7. The van der Waals surface area contributed by atoms with Gasteiger partial charge in [-0.25, -0.2) is 9.18 Å². The highest BCUT2D eigenvalue weighted by atomic mass is 32.2. The number of hydrogen-bond acceptors (Lipinski definition) is 9. The summed E-state index contributed by atoms with van der Waals surface area (Å²) in [6, 6.07) is 9.75. The predicted octanol–water partition coefficient (Wildman–Crippen LogP) is 2.51. The highest BCUT2D eigenvalue weighted by Gasteiger charge is 2.48. The van der Waals surface area contributed by atoms with Gasteiger partial charge in [-0.2, -0.15) is 8.42 Å². The number of esters is 1. The molecule has 2 atom stereocenters. The van der Waals surface area contributed by atoms with Crippen LogP contribution in [0.3, 0.4) is 0 Å². The maximum Gasteiger partial charge on any atom is 0.343 e. The monoisotopic (exact) mass is 558 g/mol. The van der Waals surface area contributed by atoms with Crippen molar-refractivity contribution in [2.75, 3.05) is 30.9 Å². The summed E-state index contributed by atoms with van der Waals surface area (Å²) < 4.78 is 56.7. The van der Waals surface area contributed by atoms with Crippen molar-refractivity contribution in [2.24, 2.45) is 0 Å². The van der Waals surface area contributed by atoms with Crippen molar-refractivity contribution in [3.63, 3.8) is 0 Å². The second-order valence-corrected chi connectivity index (χ2v) is 12.1. The van der Waals surface area contributed by atoms with E-state index < -0.39 is 45.6 Å². The number of benzene rings is 2. The quantitative estimate of drug-likeness (QED) is 0.344. The Kier molecular flexibility index (Phi) is 6.16. The Labute approximate surface area is 223 Å². The van der Waals surface area contributed by atoms with E-state index in [2.05, 4.69) is 0 Å². The molecule has 10 nitrogen and oxygen atoms in total. The zero-order valence-corrected chi connectivity index (χ0v) is 21.9. The number of anilines is 1. The van der Waals surface area contributed by atoms with E-state index in [9.17, 15) is 23.1 Å². The molecule has 0 unspecified atom stereocenters. The fourth-order valence-electron chi connectivity index (χ4n) is 5.41. The first-order valence-electron chi connectivity index (χ1n) is 12.6. The van der Waals surface area contributed by atoms with Gasteiger partial charge in [0.15, 0.2) is 11.6 Å². The Morgan fingerprint density at radius 2 is 1.97 bits per heavy atom. The summed E-state index contributed by atoms with van der Waals surface area (Å²) in [5, 5.41) is 11.0. The lowest BCUT2D eigenvalue weighted by Gasteiger charge is -2.34. The number of hydrogen-bond donors (Lipinski definition) is 1. The molecule has 0 radical (unpaired) electrons. The number of carbonyl (C=O) groups excluding carboxylic acids is 1. The van der Waals surface area contributed by atoms with Gasteiger partial charge in [0, 0.05) is 25.2 Å². The lowest BCUT2D eigenvalue weighted by Crippen LogP contribution is -2.41. The first kappa shape index (κ1) is 25.8. The fourth-order valence-corrected chi connectivity index (χ4v) is 5.84. The van der Waals surface area contributed by atoms with E-state index in [1.54, 1.807) is 21.6 Å². The molecule has 2 fully saturated rings. The van der Waals surface area contributed by atoms with Crippen LogP contribution in [0.15, 0.2) is 47.4 Å². The van der Waals surface area contributed by atoms with Gasteiger partial charge in [0.2, 0.25) is 5.43 Å². The molecule has 6 rings (SSSR count). The topological polar surface area (TPSA) is 124 Å². The number of fused-ring (bicyclic) bond motifs is 5. The molecule has 0 spiro atoms. The minimum atomic E-state index is -3.78. The largest absolute Gasteiger partial charge is 0.487 e. The van der Waals surface area contributed by atoms with Gasteiger partial charge in [0.05, 0.1) is 29.8 Å². The number of rotatable bonds is 7. The third kappa shape index (κ3) is 4.88. The Morgan fingerprint density at radius 3 is 2.67 bits per heavy atom. The average molecular weight is 559 g/mol. The van der Waals surface area contributed by atoms with E-state index in [4.69, 9.17) is 13.7 Å². The van der Waals surface area contributed by atoms with E-state index in [0.717, 1.165) is 30.7 Å². The van der Waals surface area contributed by atoms with Gasteiger partial charge < -0.3 is 24.0 Å². The first-order valence-corrected chi connectivity index (χ1v) is 14.4. The fraction of sp³-hybridized carbons (Fsp3) is 0.407. The van der Waals surface area contributed by atoms with Crippen molar-refractivity contribution in [1.29, 1.82) is 0 Å². The predicted molar refractivity (Wildman–Crippen MR) is 139 cm³/mol. The molecule has 2 aromatic carbocycles. The molecule has 12 heteroatoms. The van der Waals surface area contributed by atoms with Crippen LogP contribution in [0.1, 0.15) is 41.2 Å². The summed E-state index contributed by atoms with van der Waals surface area (Å²) in [5.41, 5.74) is -1.16. The Morgan fingerprint density at radius 1 is 1.23 bits per heavy atom. The Bertz CT molecular complexity index is 1640. The van der Waals surface area contributed by atoms with E-state index >= 15 is 4.39 Å². The molecule has 1 N–H and O–H groups in total. The van der Waals surface area contributed by atoms with Crippen LogP contribution >= 0.6 is 0 Å². The van der Waals surface area contributed by atoms with Crippen molar-refractivity contribution in [1.82, 2.24) is 4.57 Å². The molecule has 1 aromatic heterocycles. The van der Waals surface area contributed by atoms with Crippen LogP contribution < -0.4 is 15.1 Å². The molecule has 39 heavy (non-hydrogen) atoms. The van der Waals surface area contributed by atoms with E-state index in [1.807, 2.05) is 18.2 Å². The second-order valence-electron chi connectivity index (χ2n) is 10.5. The zero-order valence-electron chi connectivity index (χ0n) is 21.1. The standard InChI is InChI=1S/C27H27FN2O8S/c1-39(34,35)38-15-27(33)10-18-13-36-25-22-19(9-21(28)23(25)30(18)14-27)24(31)20(11-29(22)17-7-8-17)26(32)37-12-16-5-3-2-4-6-16/h2-6,9,11,17-18,33H,7-8,10,12-15H2,1H3/t18-,27-/m1/s1. The van der Waals surface area contributed by atoms with Crippen molar-refractivity contribution >= 4 is 32.7 Å². The number of aromatic nitrogens is 1. The smallest absolute Gasteiger partial charge is 0.343 e. The average Bonchev–Trinajstić information content (AvgIpc) is 3.68. The Hall–Kier alpha value is -3.48. The number of aliphatic hydroxyl groups is 1. The second kappa shape index (κ2) is 9.32. The first-order chi connectivity index (χ1) is 18.5. The van der Waals surface area contributed by atoms with Crippen molar-refractivity contribution in [3.8, 4) is 5.75 Å². The summed E-state index contributed by atoms with van der Waals surface area (Å²) >= 11 is 0. The normalized spacial score (nSPS) is 22.3. The van der Waals surface area contributed by atoms with Gasteiger partial charge in [0.25, 0.3) is 10.1 Å². The van der Waals surface area contributed by atoms with E-state index in [0.29, 0.717) is 5.52 Å². The summed E-state index contributed by atoms with van der Waals surface area (Å²) in [6.07, 6.45) is 4.10. The highest BCUT2D eigenvalue weighted by molar-refractivity contribution is 7.85. The third-order valence-electron chi connectivity index (χ3n) is 7.34. The van der Waals surface area contributed by atoms with Crippen molar-refractivity contribution in [2.45, 2.75) is 43.6 Å². The maximum absolute atomic E-state index is 15.7. The number of nitrogens with zero attached hydrogens (tertiary/aromatic N) is 2.